The minimum Gasteiger partial charge on any atom is -0.344 e. The lowest BCUT2D eigenvalue weighted by Crippen LogP contribution is -2.13. The Morgan fingerprint density at radius 3 is 2.71 bits per heavy atom. The quantitative estimate of drug-likeness (QED) is 0.661. The van der Waals surface area contributed by atoms with Gasteiger partial charge in [-0.05, 0) is 51.0 Å². The van der Waals surface area contributed by atoms with Crippen LogP contribution in [0.1, 0.15) is 29.4 Å². The van der Waals surface area contributed by atoms with E-state index in [4.69, 9.17) is 0 Å². The maximum atomic E-state index is 13.8. The molecule has 4 rings (SSSR count). The number of aryl methyl sites for hydroxylation is 2. The van der Waals surface area contributed by atoms with Crippen LogP contribution in [0.3, 0.4) is 0 Å². The maximum absolute atomic E-state index is 13.8. The number of thiazole rings is 1. The Balaban J connectivity index is 1.60. The Morgan fingerprint density at radius 1 is 1.25 bits per heavy atom. The van der Waals surface area contributed by atoms with Crippen molar-refractivity contribution in [3.63, 3.8) is 0 Å². The molecule has 3 heterocycles. The van der Waals surface area contributed by atoms with E-state index in [2.05, 4.69) is 20.9 Å². The number of anilines is 2. The molecule has 0 bridgehead atoms. The van der Waals surface area contributed by atoms with E-state index < -0.39 is 9.84 Å². The SMILES string of the molecule is Cc1ccc(Nc2nc(-c3cc(C)n(C4CCS(=O)(=O)C4)c3C)cs2)cc1F. The van der Waals surface area contributed by atoms with E-state index in [0.29, 0.717) is 22.8 Å². The number of nitrogens with one attached hydrogen (secondary N) is 1. The fourth-order valence-corrected chi connectivity index (χ4v) is 6.26. The topological polar surface area (TPSA) is 64.0 Å². The molecule has 1 unspecified atom stereocenters. The van der Waals surface area contributed by atoms with E-state index in [9.17, 15) is 12.8 Å². The Bertz CT molecular complexity index is 1150. The fourth-order valence-electron chi connectivity index (χ4n) is 3.83. The molecule has 0 amide bonds. The average Bonchev–Trinajstić information content (AvgIpc) is 3.29. The molecule has 1 aliphatic rings. The van der Waals surface area contributed by atoms with Crippen LogP contribution in [-0.4, -0.2) is 29.5 Å². The molecule has 1 atom stereocenters. The molecule has 0 aliphatic carbocycles. The molecule has 5 nitrogen and oxygen atoms in total. The van der Waals surface area contributed by atoms with Crippen LogP contribution in [-0.2, 0) is 9.84 Å². The van der Waals surface area contributed by atoms with Gasteiger partial charge >= 0.3 is 0 Å². The molecular weight excluding hydrogens is 397 g/mol. The number of nitrogens with zero attached hydrogens (tertiary/aromatic N) is 2. The largest absolute Gasteiger partial charge is 0.344 e. The van der Waals surface area contributed by atoms with Crippen LogP contribution in [0.4, 0.5) is 15.2 Å². The number of hydrogen-bond donors (Lipinski definition) is 1. The van der Waals surface area contributed by atoms with Crippen molar-refractivity contribution in [2.45, 2.75) is 33.2 Å². The van der Waals surface area contributed by atoms with Gasteiger partial charge in [-0.15, -0.1) is 11.3 Å². The minimum atomic E-state index is -2.94. The summed E-state index contributed by atoms with van der Waals surface area (Å²) in [5, 5.41) is 5.80. The second-order valence-corrected chi connectivity index (χ2v) is 10.4. The third-order valence-corrected chi connectivity index (χ3v) is 7.77. The third-order valence-electron chi connectivity index (χ3n) is 5.26. The molecule has 0 radical (unpaired) electrons. The van der Waals surface area contributed by atoms with Crippen LogP contribution < -0.4 is 5.32 Å². The van der Waals surface area contributed by atoms with Crippen molar-refractivity contribution in [3.05, 3.63) is 52.4 Å². The van der Waals surface area contributed by atoms with Gasteiger partial charge < -0.3 is 9.88 Å². The summed E-state index contributed by atoms with van der Waals surface area (Å²) in [6.07, 6.45) is 0.654. The van der Waals surface area contributed by atoms with Gasteiger partial charge in [-0.3, -0.25) is 0 Å². The molecule has 28 heavy (non-hydrogen) atoms. The molecule has 1 fully saturated rings. The van der Waals surface area contributed by atoms with E-state index in [1.165, 1.54) is 17.4 Å². The third kappa shape index (κ3) is 3.58. The van der Waals surface area contributed by atoms with Crippen molar-refractivity contribution in [3.8, 4) is 11.3 Å². The van der Waals surface area contributed by atoms with Crippen molar-refractivity contribution in [1.82, 2.24) is 9.55 Å². The zero-order chi connectivity index (χ0) is 20.1. The normalized spacial score (nSPS) is 18.5. The predicted octanol–water partition coefficient (Wildman–Crippen LogP) is 4.78. The first kappa shape index (κ1) is 19.1. The molecule has 148 valence electrons. The van der Waals surface area contributed by atoms with Crippen molar-refractivity contribution < 1.29 is 12.8 Å². The lowest BCUT2D eigenvalue weighted by atomic mass is 10.2. The monoisotopic (exact) mass is 419 g/mol. The lowest BCUT2D eigenvalue weighted by molar-refractivity contribution is 0.536. The number of aromatic nitrogens is 2. The van der Waals surface area contributed by atoms with Gasteiger partial charge in [-0.2, -0.15) is 0 Å². The van der Waals surface area contributed by atoms with E-state index in [-0.39, 0.29) is 23.4 Å². The van der Waals surface area contributed by atoms with Crippen LogP contribution in [0, 0.1) is 26.6 Å². The van der Waals surface area contributed by atoms with Gasteiger partial charge in [-0.1, -0.05) is 6.07 Å². The van der Waals surface area contributed by atoms with E-state index in [1.807, 2.05) is 25.3 Å². The van der Waals surface area contributed by atoms with E-state index in [0.717, 1.165) is 22.6 Å². The van der Waals surface area contributed by atoms with Crippen LogP contribution in [0.15, 0.2) is 29.6 Å². The smallest absolute Gasteiger partial charge is 0.187 e. The summed E-state index contributed by atoms with van der Waals surface area (Å²) in [6, 6.07) is 7.07. The highest BCUT2D eigenvalue weighted by Crippen LogP contribution is 2.35. The number of sulfone groups is 1. The van der Waals surface area contributed by atoms with Gasteiger partial charge in [0.2, 0.25) is 0 Å². The molecule has 1 saturated heterocycles. The molecule has 0 saturated carbocycles. The molecule has 1 aliphatic heterocycles. The zero-order valence-corrected chi connectivity index (χ0v) is 17.6. The van der Waals surface area contributed by atoms with Crippen molar-refractivity contribution >= 4 is 32.0 Å². The van der Waals surface area contributed by atoms with Crippen LogP contribution in [0.25, 0.3) is 11.3 Å². The van der Waals surface area contributed by atoms with Crippen LogP contribution in [0.2, 0.25) is 0 Å². The van der Waals surface area contributed by atoms with Crippen LogP contribution in [0.5, 0.6) is 0 Å². The van der Waals surface area contributed by atoms with E-state index in [1.54, 1.807) is 13.0 Å². The molecule has 3 aromatic rings. The summed E-state index contributed by atoms with van der Waals surface area (Å²) >= 11 is 1.46. The molecule has 8 heteroatoms. The summed E-state index contributed by atoms with van der Waals surface area (Å²) in [5.74, 6) is 0.199. The predicted molar refractivity (Wildman–Crippen MR) is 112 cm³/mol. The minimum absolute atomic E-state index is 0.00878. The molecular formula is C20H22FN3O2S2. The highest BCUT2D eigenvalue weighted by Gasteiger charge is 2.31. The Labute approximate surface area is 168 Å². The summed E-state index contributed by atoms with van der Waals surface area (Å²) in [4.78, 5) is 4.65. The summed E-state index contributed by atoms with van der Waals surface area (Å²) in [7, 11) is -2.94. The van der Waals surface area contributed by atoms with Crippen LogP contribution >= 0.6 is 11.3 Å². The van der Waals surface area contributed by atoms with Crippen molar-refractivity contribution in [1.29, 1.82) is 0 Å². The summed E-state index contributed by atoms with van der Waals surface area (Å²) < 4.78 is 39.6. The molecule has 1 aromatic carbocycles. The number of halogens is 1. The summed E-state index contributed by atoms with van der Waals surface area (Å²) in [5.41, 5.74) is 5.16. The van der Waals surface area contributed by atoms with Crippen molar-refractivity contribution in [2.24, 2.45) is 0 Å². The van der Waals surface area contributed by atoms with Crippen molar-refractivity contribution in [2.75, 3.05) is 16.8 Å². The molecule has 1 N–H and O–H groups in total. The highest BCUT2D eigenvalue weighted by atomic mass is 32.2. The lowest BCUT2D eigenvalue weighted by Gasteiger charge is -2.16. The second-order valence-electron chi connectivity index (χ2n) is 7.34. The maximum Gasteiger partial charge on any atom is 0.187 e. The second kappa shape index (κ2) is 7.00. The van der Waals surface area contributed by atoms with Gasteiger partial charge in [0, 0.05) is 34.1 Å². The first-order valence-electron chi connectivity index (χ1n) is 9.11. The number of rotatable bonds is 4. The van der Waals surface area contributed by atoms with Gasteiger partial charge in [0.15, 0.2) is 15.0 Å². The standard InChI is InChI=1S/C20H22FN3O2S2/c1-12-4-5-15(9-18(12)21)22-20-23-19(10-27-20)17-8-13(2)24(14(17)3)16-6-7-28(25,26)11-16/h4-5,8-10,16H,6-7,11H2,1-3H3,(H,22,23). The highest BCUT2D eigenvalue weighted by molar-refractivity contribution is 7.91. The van der Waals surface area contributed by atoms with Gasteiger partial charge in [0.05, 0.1) is 17.2 Å². The average molecular weight is 420 g/mol. The Morgan fingerprint density at radius 2 is 2.04 bits per heavy atom. The number of benzene rings is 1. The fraction of sp³-hybridized carbons (Fsp3) is 0.350. The van der Waals surface area contributed by atoms with Gasteiger partial charge in [-0.25, -0.2) is 17.8 Å². The van der Waals surface area contributed by atoms with E-state index >= 15 is 0 Å². The first-order chi connectivity index (χ1) is 13.2. The Hall–Kier alpha value is -2.19. The summed E-state index contributed by atoms with van der Waals surface area (Å²) in [6.45, 7) is 5.74. The van der Waals surface area contributed by atoms with Gasteiger partial charge in [0.25, 0.3) is 0 Å². The zero-order valence-electron chi connectivity index (χ0n) is 16.0. The molecule has 0 spiro atoms. The number of hydrogen-bond acceptors (Lipinski definition) is 5. The van der Waals surface area contributed by atoms with Gasteiger partial charge in [0.1, 0.15) is 5.82 Å². The molecule has 2 aromatic heterocycles. The Kier molecular flexibility index (Phi) is 4.79. The first-order valence-corrected chi connectivity index (χ1v) is 11.8.